The second kappa shape index (κ2) is 4.47. The lowest BCUT2D eigenvalue weighted by Crippen LogP contribution is -2.23. The summed E-state index contributed by atoms with van der Waals surface area (Å²) >= 11 is 0. The van der Waals surface area contributed by atoms with Gasteiger partial charge in [-0.1, -0.05) is 19.8 Å². The first-order valence-electron chi connectivity index (χ1n) is 4.95. The predicted octanol–water partition coefficient (Wildman–Crippen LogP) is 2.07. The van der Waals surface area contributed by atoms with Crippen molar-refractivity contribution in [2.75, 3.05) is 13.1 Å². The number of nitriles is 1. The lowest BCUT2D eigenvalue weighted by atomic mass is 10.1. The predicted molar refractivity (Wildman–Crippen MR) is 49.7 cm³/mol. The summed E-state index contributed by atoms with van der Waals surface area (Å²) in [7, 11) is 0. The fourth-order valence-corrected chi connectivity index (χ4v) is 1.31. The molecule has 0 aliphatic heterocycles. The molecule has 1 saturated carbocycles. The topological polar surface area (TPSA) is 35.8 Å². The van der Waals surface area contributed by atoms with E-state index in [1.165, 1.54) is 19.3 Å². The lowest BCUT2D eigenvalue weighted by molar-refractivity contribution is 0.538. The zero-order valence-electron chi connectivity index (χ0n) is 7.90. The van der Waals surface area contributed by atoms with E-state index in [9.17, 15) is 0 Å². The number of unbranched alkanes of at least 4 members (excludes halogenated alkanes) is 2. The van der Waals surface area contributed by atoms with Crippen molar-refractivity contribution in [1.29, 1.82) is 5.26 Å². The van der Waals surface area contributed by atoms with Crippen molar-refractivity contribution >= 4 is 0 Å². The highest BCUT2D eigenvalue weighted by molar-refractivity contribution is 5.10. The molecule has 1 rings (SSSR count). The Balaban J connectivity index is 1.93. The molecule has 1 fully saturated rings. The van der Waals surface area contributed by atoms with Crippen LogP contribution in [-0.2, 0) is 0 Å². The van der Waals surface area contributed by atoms with Crippen LogP contribution in [0.4, 0.5) is 0 Å². The third kappa shape index (κ3) is 2.83. The van der Waals surface area contributed by atoms with Gasteiger partial charge in [-0.3, -0.25) is 0 Å². The third-order valence-electron chi connectivity index (χ3n) is 2.51. The van der Waals surface area contributed by atoms with Crippen LogP contribution in [0.5, 0.6) is 0 Å². The van der Waals surface area contributed by atoms with Gasteiger partial charge in [0.05, 0.1) is 11.5 Å². The molecule has 0 radical (unpaired) electrons. The van der Waals surface area contributed by atoms with E-state index in [1.807, 2.05) is 0 Å². The molecule has 12 heavy (non-hydrogen) atoms. The van der Waals surface area contributed by atoms with Crippen LogP contribution >= 0.6 is 0 Å². The third-order valence-corrected chi connectivity index (χ3v) is 2.51. The molecule has 68 valence electrons. The van der Waals surface area contributed by atoms with Crippen molar-refractivity contribution in [3.05, 3.63) is 0 Å². The zero-order chi connectivity index (χ0) is 8.86. The van der Waals surface area contributed by atoms with Crippen molar-refractivity contribution in [2.45, 2.75) is 39.0 Å². The van der Waals surface area contributed by atoms with E-state index in [-0.39, 0.29) is 5.41 Å². The molecule has 0 aromatic rings. The van der Waals surface area contributed by atoms with E-state index in [1.54, 1.807) is 0 Å². The Bertz CT molecular complexity index is 165. The molecule has 0 heterocycles. The summed E-state index contributed by atoms with van der Waals surface area (Å²) in [4.78, 5) is 0. The molecule has 1 aliphatic carbocycles. The van der Waals surface area contributed by atoms with Gasteiger partial charge >= 0.3 is 0 Å². The summed E-state index contributed by atoms with van der Waals surface area (Å²) in [5.41, 5.74) is 0.0339. The van der Waals surface area contributed by atoms with Gasteiger partial charge in [0.2, 0.25) is 0 Å². The summed E-state index contributed by atoms with van der Waals surface area (Å²) in [5.74, 6) is 0. The van der Waals surface area contributed by atoms with E-state index < -0.39 is 0 Å². The first-order chi connectivity index (χ1) is 5.83. The van der Waals surface area contributed by atoms with Crippen LogP contribution in [-0.4, -0.2) is 13.1 Å². The van der Waals surface area contributed by atoms with Crippen molar-refractivity contribution in [1.82, 2.24) is 5.32 Å². The molecular formula is C10H18N2. The highest BCUT2D eigenvalue weighted by atomic mass is 14.9. The SMILES string of the molecule is CCCCCNCC1(C#N)CC1. The Morgan fingerprint density at radius 1 is 1.42 bits per heavy atom. The molecular weight excluding hydrogens is 148 g/mol. The maximum absolute atomic E-state index is 8.77. The minimum atomic E-state index is 0.0339. The smallest absolute Gasteiger partial charge is 0.0703 e. The highest BCUT2D eigenvalue weighted by Gasteiger charge is 2.42. The Labute approximate surface area is 75.0 Å². The molecule has 0 saturated heterocycles. The molecule has 0 amide bonds. The second-order valence-corrected chi connectivity index (χ2v) is 3.78. The Kier molecular flexibility index (Phi) is 3.55. The highest BCUT2D eigenvalue weighted by Crippen LogP contribution is 2.43. The average molecular weight is 166 g/mol. The monoisotopic (exact) mass is 166 g/mol. The fraction of sp³-hybridized carbons (Fsp3) is 0.900. The molecule has 0 aromatic carbocycles. The number of hydrogen-bond acceptors (Lipinski definition) is 2. The average Bonchev–Trinajstić information content (AvgIpc) is 2.85. The van der Waals surface area contributed by atoms with E-state index >= 15 is 0 Å². The van der Waals surface area contributed by atoms with Gasteiger partial charge in [-0.25, -0.2) is 0 Å². The Morgan fingerprint density at radius 2 is 2.17 bits per heavy atom. The molecule has 0 aromatic heterocycles. The van der Waals surface area contributed by atoms with Crippen LogP contribution in [0, 0.1) is 16.7 Å². The summed E-state index contributed by atoms with van der Waals surface area (Å²) in [5, 5.41) is 12.1. The van der Waals surface area contributed by atoms with Crippen LogP contribution in [0.15, 0.2) is 0 Å². The quantitative estimate of drug-likeness (QED) is 0.613. The van der Waals surface area contributed by atoms with Crippen molar-refractivity contribution in [3.63, 3.8) is 0 Å². The number of hydrogen-bond donors (Lipinski definition) is 1. The van der Waals surface area contributed by atoms with E-state index in [0.717, 1.165) is 25.9 Å². The maximum Gasteiger partial charge on any atom is 0.0703 e. The van der Waals surface area contributed by atoms with Crippen LogP contribution in [0.1, 0.15) is 39.0 Å². The van der Waals surface area contributed by atoms with Gasteiger partial charge in [0.15, 0.2) is 0 Å². The largest absolute Gasteiger partial charge is 0.315 e. The molecule has 2 nitrogen and oxygen atoms in total. The van der Waals surface area contributed by atoms with Crippen LogP contribution in [0.2, 0.25) is 0 Å². The van der Waals surface area contributed by atoms with Gasteiger partial charge in [-0.2, -0.15) is 5.26 Å². The summed E-state index contributed by atoms with van der Waals surface area (Å²) in [6.45, 7) is 4.20. The fourth-order valence-electron chi connectivity index (χ4n) is 1.31. The normalized spacial score (nSPS) is 18.7. The van der Waals surface area contributed by atoms with Crippen LogP contribution in [0.25, 0.3) is 0 Å². The molecule has 0 spiro atoms. The summed E-state index contributed by atoms with van der Waals surface area (Å²) < 4.78 is 0. The van der Waals surface area contributed by atoms with Crippen molar-refractivity contribution in [3.8, 4) is 6.07 Å². The number of nitrogens with one attached hydrogen (secondary N) is 1. The standard InChI is InChI=1S/C10H18N2/c1-2-3-4-7-12-9-10(8-11)5-6-10/h12H,2-7,9H2,1H3. The molecule has 2 heteroatoms. The molecule has 1 N–H and O–H groups in total. The van der Waals surface area contributed by atoms with Crippen molar-refractivity contribution in [2.24, 2.45) is 5.41 Å². The van der Waals surface area contributed by atoms with Crippen LogP contribution < -0.4 is 5.32 Å². The second-order valence-electron chi connectivity index (χ2n) is 3.78. The summed E-state index contributed by atoms with van der Waals surface area (Å²) in [6, 6.07) is 2.38. The molecule has 0 atom stereocenters. The molecule has 0 bridgehead atoms. The summed E-state index contributed by atoms with van der Waals surface area (Å²) in [6.07, 6.45) is 6.02. The van der Waals surface area contributed by atoms with E-state index in [0.29, 0.717) is 0 Å². The minimum absolute atomic E-state index is 0.0339. The Morgan fingerprint density at radius 3 is 2.67 bits per heavy atom. The number of rotatable bonds is 6. The minimum Gasteiger partial charge on any atom is -0.315 e. The molecule has 0 unspecified atom stereocenters. The maximum atomic E-state index is 8.77. The van der Waals surface area contributed by atoms with Gasteiger partial charge in [-0.15, -0.1) is 0 Å². The first kappa shape index (κ1) is 9.54. The van der Waals surface area contributed by atoms with E-state index in [4.69, 9.17) is 5.26 Å². The molecule has 1 aliphatic rings. The van der Waals surface area contributed by atoms with Gasteiger partial charge in [0, 0.05) is 6.54 Å². The van der Waals surface area contributed by atoms with Gasteiger partial charge in [0.1, 0.15) is 0 Å². The zero-order valence-corrected chi connectivity index (χ0v) is 7.90. The van der Waals surface area contributed by atoms with Crippen LogP contribution in [0.3, 0.4) is 0 Å². The first-order valence-corrected chi connectivity index (χ1v) is 4.95. The Hall–Kier alpha value is -0.550. The van der Waals surface area contributed by atoms with E-state index in [2.05, 4.69) is 18.3 Å². The van der Waals surface area contributed by atoms with Crippen molar-refractivity contribution < 1.29 is 0 Å². The van der Waals surface area contributed by atoms with Gasteiger partial charge in [0.25, 0.3) is 0 Å². The van der Waals surface area contributed by atoms with Gasteiger partial charge in [-0.05, 0) is 25.8 Å². The van der Waals surface area contributed by atoms with Gasteiger partial charge < -0.3 is 5.32 Å². The lowest BCUT2D eigenvalue weighted by Gasteiger charge is -2.06. The number of nitrogens with zero attached hydrogens (tertiary/aromatic N) is 1.